The molecule has 0 radical (unpaired) electrons. The zero-order chi connectivity index (χ0) is 19.1. The van der Waals surface area contributed by atoms with Gasteiger partial charge in [-0.25, -0.2) is 4.39 Å². The van der Waals surface area contributed by atoms with Crippen molar-refractivity contribution >= 4 is 45.9 Å². The predicted octanol–water partition coefficient (Wildman–Crippen LogP) is 6.00. The second kappa shape index (κ2) is 9.36. The molecule has 0 N–H and O–H groups in total. The Morgan fingerprint density at radius 1 is 1.00 bits per heavy atom. The van der Waals surface area contributed by atoms with Crippen LogP contribution in [-0.4, -0.2) is 10.2 Å². The molecule has 0 unspecified atom stereocenters. The zero-order valence-electron chi connectivity index (χ0n) is 14.2. The largest absolute Gasteiger partial charge is 0.282 e. The number of hydrogen-bond acceptors (Lipinski definition) is 4. The minimum Gasteiger partial charge on any atom is -0.282 e. The standard InChI is InChI=1S/C21H17FO2S2/c1-4-20(23)25-18-12-9-16(19(22)13-18)8-5-15-6-10-17(11-7-15)26-21(24)14(2)3/h4-13H,1-2H2,3H3/b8-5+. The third-order valence-electron chi connectivity index (χ3n) is 3.25. The van der Waals surface area contributed by atoms with Crippen molar-refractivity contribution in [3.63, 3.8) is 0 Å². The summed E-state index contributed by atoms with van der Waals surface area (Å²) >= 11 is 2.06. The highest BCUT2D eigenvalue weighted by Gasteiger charge is 2.06. The highest BCUT2D eigenvalue weighted by Crippen LogP contribution is 2.24. The molecule has 0 aliphatic heterocycles. The number of halogens is 1. The summed E-state index contributed by atoms with van der Waals surface area (Å²) in [4.78, 5) is 24.3. The molecule has 0 aromatic heterocycles. The Morgan fingerprint density at radius 3 is 2.23 bits per heavy atom. The van der Waals surface area contributed by atoms with Crippen molar-refractivity contribution < 1.29 is 14.0 Å². The van der Waals surface area contributed by atoms with Crippen molar-refractivity contribution in [2.75, 3.05) is 0 Å². The molecule has 2 aromatic rings. The zero-order valence-corrected chi connectivity index (χ0v) is 15.8. The van der Waals surface area contributed by atoms with Gasteiger partial charge in [0.25, 0.3) is 0 Å². The van der Waals surface area contributed by atoms with Gasteiger partial charge in [0, 0.05) is 15.4 Å². The summed E-state index contributed by atoms with van der Waals surface area (Å²) in [7, 11) is 0. The Morgan fingerprint density at radius 2 is 1.65 bits per heavy atom. The van der Waals surface area contributed by atoms with E-state index in [9.17, 15) is 14.0 Å². The maximum atomic E-state index is 14.1. The monoisotopic (exact) mass is 384 g/mol. The highest BCUT2D eigenvalue weighted by molar-refractivity contribution is 8.14. The van der Waals surface area contributed by atoms with Crippen LogP contribution in [0.4, 0.5) is 4.39 Å². The Kier molecular flexibility index (Phi) is 7.18. The molecule has 0 aliphatic carbocycles. The Bertz CT molecular complexity index is 883. The highest BCUT2D eigenvalue weighted by atomic mass is 32.2. The number of hydrogen-bond donors (Lipinski definition) is 0. The molecular weight excluding hydrogens is 367 g/mol. The quantitative estimate of drug-likeness (QED) is 0.348. The van der Waals surface area contributed by atoms with Gasteiger partial charge < -0.3 is 0 Å². The molecule has 2 aromatic carbocycles. The Balaban J connectivity index is 2.07. The minimum absolute atomic E-state index is 0.0664. The summed E-state index contributed by atoms with van der Waals surface area (Å²) in [5.41, 5.74) is 1.82. The molecular formula is C21H17FO2S2. The molecule has 26 heavy (non-hydrogen) atoms. The van der Waals surface area contributed by atoms with Gasteiger partial charge in [0.2, 0.25) is 10.2 Å². The van der Waals surface area contributed by atoms with E-state index in [0.29, 0.717) is 16.0 Å². The van der Waals surface area contributed by atoms with Gasteiger partial charge >= 0.3 is 0 Å². The van der Waals surface area contributed by atoms with E-state index in [1.165, 1.54) is 12.1 Å². The van der Waals surface area contributed by atoms with Crippen LogP contribution in [-0.2, 0) is 9.59 Å². The van der Waals surface area contributed by atoms with E-state index in [2.05, 4.69) is 13.2 Å². The van der Waals surface area contributed by atoms with Gasteiger partial charge in [-0.05, 0) is 71.9 Å². The summed E-state index contributed by atoms with van der Waals surface area (Å²) in [6.07, 6.45) is 4.65. The topological polar surface area (TPSA) is 34.1 Å². The van der Waals surface area contributed by atoms with Crippen LogP contribution < -0.4 is 0 Å². The molecule has 0 spiro atoms. The molecule has 2 nitrogen and oxygen atoms in total. The van der Waals surface area contributed by atoms with Gasteiger partial charge in [-0.2, -0.15) is 0 Å². The molecule has 2 rings (SSSR count). The number of carbonyl (C=O) groups excluding carboxylic acids is 2. The van der Waals surface area contributed by atoms with Crippen LogP contribution in [0.2, 0.25) is 0 Å². The summed E-state index contributed by atoms with van der Waals surface area (Å²) < 4.78 is 14.1. The fraction of sp³-hybridized carbons (Fsp3) is 0.0476. The average Bonchev–Trinajstić information content (AvgIpc) is 2.62. The van der Waals surface area contributed by atoms with Crippen molar-refractivity contribution in [1.82, 2.24) is 0 Å². The van der Waals surface area contributed by atoms with Crippen LogP contribution in [0.25, 0.3) is 12.2 Å². The van der Waals surface area contributed by atoms with Gasteiger partial charge in [0.1, 0.15) is 5.82 Å². The molecule has 0 atom stereocenters. The van der Waals surface area contributed by atoms with Crippen molar-refractivity contribution in [2.24, 2.45) is 0 Å². The van der Waals surface area contributed by atoms with Crippen molar-refractivity contribution in [1.29, 1.82) is 0 Å². The van der Waals surface area contributed by atoms with Crippen LogP contribution in [0.15, 0.2) is 77.1 Å². The molecule has 0 saturated carbocycles. The molecule has 0 fully saturated rings. The molecule has 0 heterocycles. The fourth-order valence-electron chi connectivity index (χ4n) is 1.89. The number of rotatable bonds is 6. The van der Waals surface area contributed by atoms with Gasteiger partial charge in [0.05, 0.1) is 0 Å². The Labute approximate surface area is 160 Å². The summed E-state index contributed by atoms with van der Waals surface area (Å²) in [5.74, 6) is -0.401. The second-order valence-electron chi connectivity index (χ2n) is 5.38. The lowest BCUT2D eigenvalue weighted by Gasteiger charge is -2.02. The van der Waals surface area contributed by atoms with Crippen LogP contribution >= 0.6 is 23.5 Å². The summed E-state index contributed by atoms with van der Waals surface area (Å²) in [6.45, 7) is 8.69. The molecule has 0 bridgehead atoms. The molecule has 5 heteroatoms. The third kappa shape index (κ3) is 5.86. The lowest BCUT2D eigenvalue weighted by Crippen LogP contribution is -1.90. The van der Waals surface area contributed by atoms with E-state index in [1.54, 1.807) is 31.2 Å². The number of benzene rings is 2. The number of carbonyl (C=O) groups is 2. The maximum Gasteiger partial charge on any atom is 0.219 e. The summed E-state index contributed by atoms with van der Waals surface area (Å²) in [6, 6.07) is 12.0. The third-order valence-corrected chi connectivity index (χ3v) is 5.15. The molecule has 132 valence electrons. The van der Waals surface area contributed by atoms with E-state index in [0.717, 1.165) is 34.0 Å². The average molecular weight is 384 g/mol. The first kappa shape index (κ1) is 19.9. The minimum atomic E-state index is -0.401. The smallest absolute Gasteiger partial charge is 0.219 e. The van der Waals surface area contributed by atoms with Crippen molar-refractivity contribution in [3.05, 3.63) is 84.2 Å². The van der Waals surface area contributed by atoms with Crippen LogP contribution in [0.3, 0.4) is 0 Å². The second-order valence-corrected chi connectivity index (χ2v) is 7.50. The summed E-state index contributed by atoms with van der Waals surface area (Å²) in [5, 5.41) is -0.293. The maximum absolute atomic E-state index is 14.1. The van der Waals surface area contributed by atoms with E-state index in [-0.39, 0.29) is 10.2 Å². The Hall–Kier alpha value is -2.37. The molecule has 0 aliphatic rings. The van der Waals surface area contributed by atoms with Crippen LogP contribution in [0.5, 0.6) is 0 Å². The SMILES string of the molecule is C=CC(=O)Sc1ccc(/C=C/c2ccc(SC(=O)C(=C)C)cc2)c(F)c1. The van der Waals surface area contributed by atoms with Gasteiger partial charge in [-0.15, -0.1) is 0 Å². The van der Waals surface area contributed by atoms with Gasteiger partial charge in [0.15, 0.2) is 0 Å². The normalized spacial score (nSPS) is 10.7. The number of thioether (sulfide) groups is 2. The van der Waals surface area contributed by atoms with E-state index >= 15 is 0 Å². The molecule has 0 amide bonds. The van der Waals surface area contributed by atoms with Gasteiger partial charge in [-0.3, -0.25) is 9.59 Å². The molecule has 0 saturated heterocycles. The lowest BCUT2D eigenvalue weighted by molar-refractivity contribution is -0.108. The van der Waals surface area contributed by atoms with E-state index < -0.39 is 5.82 Å². The van der Waals surface area contributed by atoms with Crippen LogP contribution in [0.1, 0.15) is 18.1 Å². The first-order valence-electron chi connectivity index (χ1n) is 7.68. The van der Waals surface area contributed by atoms with Crippen molar-refractivity contribution in [3.8, 4) is 0 Å². The van der Waals surface area contributed by atoms with Gasteiger partial charge in [-0.1, -0.05) is 43.5 Å². The fourth-order valence-corrected chi connectivity index (χ4v) is 3.17. The van der Waals surface area contributed by atoms with Crippen molar-refractivity contribution in [2.45, 2.75) is 16.7 Å². The van der Waals surface area contributed by atoms with E-state index in [4.69, 9.17) is 0 Å². The predicted molar refractivity (Wildman–Crippen MR) is 109 cm³/mol. The first-order valence-corrected chi connectivity index (χ1v) is 9.32. The van der Waals surface area contributed by atoms with Crippen LogP contribution in [0, 0.1) is 5.82 Å². The van der Waals surface area contributed by atoms with E-state index in [1.807, 2.05) is 24.3 Å². The first-order chi connectivity index (χ1) is 12.4. The lowest BCUT2D eigenvalue weighted by atomic mass is 10.1.